The third-order valence-electron chi connectivity index (χ3n) is 2.66. The van der Waals surface area contributed by atoms with Gasteiger partial charge in [0, 0.05) is 13.6 Å². The van der Waals surface area contributed by atoms with Crippen molar-refractivity contribution in [1.29, 1.82) is 0 Å². The Balaban J connectivity index is 4.19. The summed E-state index contributed by atoms with van der Waals surface area (Å²) < 4.78 is 36.3. The highest BCUT2D eigenvalue weighted by atomic mass is 19.4. The molecule has 5 heteroatoms. The first kappa shape index (κ1) is 15.3. The van der Waals surface area contributed by atoms with Gasteiger partial charge >= 0.3 is 12.1 Å². The first-order valence-corrected chi connectivity index (χ1v) is 5.65. The van der Waals surface area contributed by atoms with Gasteiger partial charge in [0.1, 0.15) is 0 Å². The van der Waals surface area contributed by atoms with Gasteiger partial charge in [-0.3, -0.25) is 4.79 Å². The second kappa shape index (κ2) is 6.76. The number of halogens is 3. The van der Waals surface area contributed by atoms with Crippen LogP contribution >= 0.6 is 0 Å². The minimum atomic E-state index is -4.75. The Hall–Kier alpha value is -0.740. The molecular formula is C11H20F3NO. The number of alkyl halides is 3. The predicted molar refractivity (Wildman–Crippen MR) is 57.0 cm³/mol. The number of unbranched alkanes of at least 4 members (excludes halogenated alkanes) is 1. The zero-order valence-corrected chi connectivity index (χ0v) is 10.1. The molecule has 0 aromatic rings. The van der Waals surface area contributed by atoms with Crippen LogP contribution in [0.5, 0.6) is 0 Å². The summed E-state index contributed by atoms with van der Waals surface area (Å²) in [5.74, 6) is -1.58. The van der Waals surface area contributed by atoms with E-state index in [-0.39, 0.29) is 12.5 Å². The van der Waals surface area contributed by atoms with Crippen LogP contribution in [0.4, 0.5) is 13.2 Å². The molecule has 0 aromatic heterocycles. The summed E-state index contributed by atoms with van der Waals surface area (Å²) in [7, 11) is 1.21. The van der Waals surface area contributed by atoms with Crippen LogP contribution < -0.4 is 0 Å². The Kier molecular flexibility index (Phi) is 6.45. The molecule has 0 rings (SSSR count). The van der Waals surface area contributed by atoms with Crippen LogP contribution in [0, 0.1) is 5.92 Å². The molecule has 0 heterocycles. The lowest BCUT2D eigenvalue weighted by atomic mass is 9.99. The monoisotopic (exact) mass is 239 g/mol. The molecule has 0 fully saturated rings. The summed E-state index contributed by atoms with van der Waals surface area (Å²) >= 11 is 0. The van der Waals surface area contributed by atoms with Crippen molar-refractivity contribution in [3.05, 3.63) is 0 Å². The largest absolute Gasteiger partial charge is 0.471 e. The third-order valence-corrected chi connectivity index (χ3v) is 2.66. The van der Waals surface area contributed by atoms with Gasteiger partial charge in [0.05, 0.1) is 0 Å². The molecule has 0 aliphatic rings. The van der Waals surface area contributed by atoms with Gasteiger partial charge in [0.2, 0.25) is 0 Å². The summed E-state index contributed by atoms with van der Waals surface area (Å²) in [6.45, 7) is 4.17. The molecule has 0 aromatic carbocycles. The minimum Gasteiger partial charge on any atom is -0.338 e. The maximum absolute atomic E-state index is 12.1. The summed E-state index contributed by atoms with van der Waals surface area (Å²) in [6, 6.07) is 0. The molecule has 0 N–H and O–H groups in total. The molecule has 1 unspecified atom stereocenters. The van der Waals surface area contributed by atoms with E-state index < -0.39 is 12.1 Å². The van der Waals surface area contributed by atoms with Gasteiger partial charge in [-0.2, -0.15) is 13.2 Å². The third kappa shape index (κ3) is 5.37. The fourth-order valence-corrected chi connectivity index (χ4v) is 1.60. The van der Waals surface area contributed by atoms with Gasteiger partial charge < -0.3 is 4.90 Å². The molecule has 0 saturated carbocycles. The molecular weight excluding hydrogens is 219 g/mol. The van der Waals surface area contributed by atoms with Gasteiger partial charge in [-0.05, 0) is 12.3 Å². The van der Waals surface area contributed by atoms with Crippen molar-refractivity contribution in [1.82, 2.24) is 4.90 Å². The summed E-state index contributed by atoms with van der Waals surface area (Å²) in [5, 5.41) is 0. The normalized spacial score (nSPS) is 13.6. The van der Waals surface area contributed by atoms with E-state index in [1.54, 1.807) is 0 Å². The van der Waals surface area contributed by atoms with Gasteiger partial charge in [0.15, 0.2) is 0 Å². The number of nitrogens with zero attached hydrogens (tertiary/aromatic N) is 1. The molecule has 1 amide bonds. The van der Waals surface area contributed by atoms with Crippen molar-refractivity contribution >= 4 is 5.91 Å². The second-order valence-electron chi connectivity index (χ2n) is 4.10. The average Bonchev–Trinajstić information content (AvgIpc) is 2.21. The molecule has 0 saturated heterocycles. The lowest BCUT2D eigenvalue weighted by Gasteiger charge is -2.24. The predicted octanol–water partition coefficient (Wildman–Crippen LogP) is 3.22. The maximum atomic E-state index is 12.1. The van der Waals surface area contributed by atoms with E-state index in [2.05, 4.69) is 0 Å². The van der Waals surface area contributed by atoms with Crippen molar-refractivity contribution in [2.24, 2.45) is 5.92 Å². The molecule has 0 aliphatic carbocycles. The van der Waals surface area contributed by atoms with E-state index in [0.29, 0.717) is 0 Å². The van der Waals surface area contributed by atoms with E-state index in [9.17, 15) is 18.0 Å². The van der Waals surface area contributed by atoms with E-state index in [0.717, 1.165) is 30.6 Å². The Morgan fingerprint density at radius 1 is 1.31 bits per heavy atom. The molecule has 0 spiro atoms. The Morgan fingerprint density at radius 2 is 1.88 bits per heavy atom. The van der Waals surface area contributed by atoms with Crippen molar-refractivity contribution < 1.29 is 18.0 Å². The number of hydrogen-bond acceptors (Lipinski definition) is 1. The van der Waals surface area contributed by atoms with Gasteiger partial charge in [-0.15, -0.1) is 0 Å². The SMILES string of the molecule is CCCCC(CC)CN(C)C(=O)C(F)(F)F. The molecule has 0 aliphatic heterocycles. The highest BCUT2D eigenvalue weighted by Gasteiger charge is 2.41. The lowest BCUT2D eigenvalue weighted by Crippen LogP contribution is -2.40. The van der Waals surface area contributed by atoms with E-state index >= 15 is 0 Å². The molecule has 96 valence electrons. The average molecular weight is 239 g/mol. The highest BCUT2D eigenvalue weighted by molar-refractivity contribution is 5.81. The molecule has 16 heavy (non-hydrogen) atoms. The van der Waals surface area contributed by atoms with Crippen molar-refractivity contribution in [3.63, 3.8) is 0 Å². The standard InChI is InChI=1S/C11H20F3NO/c1-4-6-7-9(5-2)8-15(3)10(16)11(12,13)14/h9H,4-8H2,1-3H3. The van der Waals surface area contributed by atoms with Crippen molar-refractivity contribution in [3.8, 4) is 0 Å². The van der Waals surface area contributed by atoms with Crippen LogP contribution in [0.1, 0.15) is 39.5 Å². The highest BCUT2D eigenvalue weighted by Crippen LogP contribution is 2.20. The number of carbonyl (C=O) groups excluding carboxylic acids is 1. The smallest absolute Gasteiger partial charge is 0.338 e. The summed E-state index contributed by atoms with van der Waals surface area (Å²) in [6.07, 6.45) is -1.06. The first-order valence-electron chi connectivity index (χ1n) is 5.65. The maximum Gasteiger partial charge on any atom is 0.471 e. The number of hydrogen-bond donors (Lipinski definition) is 0. The summed E-state index contributed by atoms with van der Waals surface area (Å²) in [5.41, 5.74) is 0. The van der Waals surface area contributed by atoms with Crippen LogP contribution in [0.2, 0.25) is 0 Å². The fourth-order valence-electron chi connectivity index (χ4n) is 1.60. The van der Waals surface area contributed by atoms with Crippen LogP contribution in [-0.4, -0.2) is 30.6 Å². The van der Waals surface area contributed by atoms with Crippen LogP contribution in [0.25, 0.3) is 0 Å². The number of rotatable bonds is 6. The van der Waals surface area contributed by atoms with Crippen LogP contribution in [-0.2, 0) is 4.79 Å². The van der Waals surface area contributed by atoms with Gasteiger partial charge in [0.25, 0.3) is 0 Å². The number of carbonyl (C=O) groups is 1. The van der Waals surface area contributed by atoms with Gasteiger partial charge in [-0.25, -0.2) is 0 Å². The topological polar surface area (TPSA) is 20.3 Å². The van der Waals surface area contributed by atoms with Crippen molar-refractivity contribution in [2.75, 3.05) is 13.6 Å². The summed E-state index contributed by atoms with van der Waals surface area (Å²) in [4.78, 5) is 11.7. The van der Waals surface area contributed by atoms with E-state index in [1.165, 1.54) is 7.05 Å². The minimum absolute atomic E-state index is 0.163. The molecule has 2 nitrogen and oxygen atoms in total. The van der Waals surface area contributed by atoms with Crippen LogP contribution in [0.3, 0.4) is 0 Å². The quantitative estimate of drug-likeness (QED) is 0.697. The Labute approximate surface area is 94.8 Å². The Morgan fingerprint density at radius 3 is 2.25 bits per heavy atom. The first-order chi connectivity index (χ1) is 7.32. The lowest BCUT2D eigenvalue weighted by molar-refractivity contribution is -0.184. The molecule has 0 bridgehead atoms. The second-order valence-corrected chi connectivity index (χ2v) is 4.10. The van der Waals surface area contributed by atoms with E-state index in [1.807, 2.05) is 13.8 Å². The molecule has 1 atom stereocenters. The zero-order chi connectivity index (χ0) is 12.8. The van der Waals surface area contributed by atoms with Crippen LogP contribution in [0.15, 0.2) is 0 Å². The van der Waals surface area contributed by atoms with E-state index in [4.69, 9.17) is 0 Å². The zero-order valence-electron chi connectivity index (χ0n) is 10.1. The Bertz CT molecular complexity index is 216. The fraction of sp³-hybridized carbons (Fsp3) is 0.909. The van der Waals surface area contributed by atoms with Gasteiger partial charge in [-0.1, -0.05) is 33.1 Å². The number of amides is 1. The van der Waals surface area contributed by atoms with Crippen molar-refractivity contribution in [2.45, 2.75) is 45.7 Å². The molecule has 0 radical (unpaired) electrons.